The molecule has 0 saturated heterocycles. The lowest BCUT2D eigenvalue weighted by molar-refractivity contribution is -0.384. The molecule has 1 aromatic heterocycles. The molecule has 2 aromatic carbocycles. The summed E-state index contributed by atoms with van der Waals surface area (Å²) in [4.78, 5) is 21.8. The zero-order valence-electron chi connectivity index (χ0n) is 12.3. The molecule has 6 heteroatoms. The summed E-state index contributed by atoms with van der Waals surface area (Å²) < 4.78 is 1.59. The average molecular weight is 307 g/mol. The summed E-state index contributed by atoms with van der Waals surface area (Å²) in [6.45, 7) is 1.98. The fourth-order valence-electron chi connectivity index (χ4n) is 2.29. The Kier molecular flexibility index (Phi) is 3.72. The van der Waals surface area contributed by atoms with E-state index in [0.717, 1.165) is 11.3 Å². The summed E-state index contributed by atoms with van der Waals surface area (Å²) in [6, 6.07) is 13.8. The van der Waals surface area contributed by atoms with Gasteiger partial charge in [0.15, 0.2) is 6.29 Å². The summed E-state index contributed by atoms with van der Waals surface area (Å²) >= 11 is 0. The lowest BCUT2D eigenvalue weighted by atomic mass is 10.1. The van der Waals surface area contributed by atoms with Crippen molar-refractivity contribution in [3.05, 3.63) is 76.0 Å². The van der Waals surface area contributed by atoms with Crippen molar-refractivity contribution in [3.8, 4) is 16.9 Å². The number of aromatic nitrogens is 2. The first-order valence-corrected chi connectivity index (χ1v) is 6.95. The number of carbonyl (C=O) groups excluding carboxylic acids is 1. The number of nitrogens with zero attached hydrogens (tertiary/aromatic N) is 3. The van der Waals surface area contributed by atoms with Gasteiger partial charge in [-0.3, -0.25) is 14.9 Å². The third kappa shape index (κ3) is 2.87. The second-order valence-corrected chi connectivity index (χ2v) is 5.14. The van der Waals surface area contributed by atoms with Gasteiger partial charge in [-0.1, -0.05) is 29.8 Å². The molecule has 114 valence electrons. The molecule has 0 bridgehead atoms. The highest BCUT2D eigenvalue weighted by Crippen LogP contribution is 2.26. The number of rotatable bonds is 4. The Morgan fingerprint density at radius 1 is 1.17 bits per heavy atom. The van der Waals surface area contributed by atoms with Crippen LogP contribution in [-0.4, -0.2) is 21.0 Å². The molecule has 0 radical (unpaired) electrons. The predicted octanol–water partition coefficient (Wildman–Crippen LogP) is 3.57. The van der Waals surface area contributed by atoms with E-state index >= 15 is 0 Å². The summed E-state index contributed by atoms with van der Waals surface area (Å²) in [6.07, 6.45) is 2.32. The number of nitro groups is 1. The molecule has 0 saturated carbocycles. The van der Waals surface area contributed by atoms with Gasteiger partial charge in [0.2, 0.25) is 0 Å². The fraction of sp³-hybridized carbons (Fsp3) is 0.0588. The maximum Gasteiger partial charge on any atom is 0.270 e. The Labute approximate surface area is 132 Å². The highest BCUT2D eigenvalue weighted by atomic mass is 16.6. The Hall–Kier alpha value is -3.28. The summed E-state index contributed by atoms with van der Waals surface area (Å²) in [5.41, 5.74) is 3.23. The second kappa shape index (κ2) is 5.84. The van der Waals surface area contributed by atoms with Crippen LogP contribution in [0.1, 0.15) is 15.9 Å². The number of hydrogen-bond acceptors (Lipinski definition) is 4. The van der Waals surface area contributed by atoms with Crippen LogP contribution in [-0.2, 0) is 0 Å². The van der Waals surface area contributed by atoms with Crippen LogP contribution in [0, 0.1) is 17.0 Å². The van der Waals surface area contributed by atoms with Crippen molar-refractivity contribution < 1.29 is 9.72 Å². The second-order valence-electron chi connectivity index (χ2n) is 5.14. The molecule has 3 aromatic rings. The number of non-ortho nitro benzene ring substituents is 1. The van der Waals surface area contributed by atoms with E-state index in [1.165, 1.54) is 12.1 Å². The molecule has 1 heterocycles. The number of carbonyl (C=O) groups is 1. The first-order chi connectivity index (χ1) is 11.1. The zero-order valence-corrected chi connectivity index (χ0v) is 12.3. The molecular weight excluding hydrogens is 294 g/mol. The van der Waals surface area contributed by atoms with Gasteiger partial charge in [0.05, 0.1) is 16.2 Å². The van der Waals surface area contributed by atoms with E-state index in [1.54, 1.807) is 23.0 Å². The maximum atomic E-state index is 11.3. The van der Waals surface area contributed by atoms with Crippen LogP contribution in [0.5, 0.6) is 0 Å². The molecule has 0 unspecified atom stereocenters. The highest BCUT2D eigenvalue weighted by Gasteiger charge is 2.14. The Balaban J connectivity index is 2.09. The Bertz CT molecular complexity index is 882. The Morgan fingerprint density at radius 3 is 2.57 bits per heavy atom. The number of benzene rings is 2. The van der Waals surface area contributed by atoms with Crippen LogP contribution in [0.2, 0.25) is 0 Å². The zero-order chi connectivity index (χ0) is 16.4. The third-order valence-corrected chi connectivity index (χ3v) is 3.50. The van der Waals surface area contributed by atoms with E-state index in [9.17, 15) is 14.9 Å². The van der Waals surface area contributed by atoms with Crippen molar-refractivity contribution in [2.75, 3.05) is 0 Å². The third-order valence-electron chi connectivity index (χ3n) is 3.50. The molecule has 0 fully saturated rings. The van der Waals surface area contributed by atoms with Crippen LogP contribution in [0.4, 0.5) is 5.69 Å². The summed E-state index contributed by atoms with van der Waals surface area (Å²) in [7, 11) is 0. The van der Waals surface area contributed by atoms with Crippen LogP contribution in [0.25, 0.3) is 16.9 Å². The van der Waals surface area contributed by atoms with Gasteiger partial charge < -0.3 is 0 Å². The standard InChI is InChI=1S/C17H13N3O3/c1-12-5-7-15(8-6-12)19-10-14(11-21)17(18-19)13-3-2-4-16(9-13)20(22)23/h2-11H,1H3. The Morgan fingerprint density at radius 2 is 1.91 bits per heavy atom. The molecule has 6 nitrogen and oxygen atoms in total. The van der Waals surface area contributed by atoms with Gasteiger partial charge in [0.25, 0.3) is 5.69 Å². The van der Waals surface area contributed by atoms with Crippen molar-refractivity contribution >= 4 is 12.0 Å². The van der Waals surface area contributed by atoms with Gasteiger partial charge in [0, 0.05) is 23.9 Å². The SMILES string of the molecule is Cc1ccc(-n2cc(C=O)c(-c3cccc([N+](=O)[O-])c3)n2)cc1. The van der Waals surface area contributed by atoms with Gasteiger partial charge >= 0.3 is 0 Å². The van der Waals surface area contributed by atoms with Crippen LogP contribution >= 0.6 is 0 Å². The topological polar surface area (TPSA) is 78.0 Å². The summed E-state index contributed by atoms with van der Waals surface area (Å²) in [5, 5.41) is 15.3. The van der Waals surface area contributed by atoms with Crippen molar-refractivity contribution in [3.63, 3.8) is 0 Å². The summed E-state index contributed by atoms with van der Waals surface area (Å²) in [5.74, 6) is 0. The molecule has 0 N–H and O–H groups in total. The monoisotopic (exact) mass is 307 g/mol. The minimum Gasteiger partial charge on any atom is -0.298 e. The van der Waals surface area contributed by atoms with Crippen molar-refractivity contribution in [1.82, 2.24) is 9.78 Å². The minimum absolute atomic E-state index is 0.0377. The van der Waals surface area contributed by atoms with Crippen molar-refractivity contribution in [1.29, 1.82) is 0 Å². The average Bonchev–Trinajstić information content (AvgIpc) is 3.00. The van der Waals surface area contributed by atoms with Crippen LogP contribution in [0.15, 0.2) is 54.7 Å². The lowest BCUT2D eigenvalue weighted by Crippen LogP contribution is -1.95. The molecular formula is C17H13N3O3. The van der Waals surface area contributed by atoms with Crippen LogP contribution in [0.3, 0.4) is 0 Å². The lowest BCUT2D eigenvalue weighted by Gasteiger charge is -2.01. The van der Waals surface area contributed by atoms with Gasteiger partial charge in [-0.15, -0.1) is 0 Å². The first kappa shape index (κ1) is 14.6. The number of nitro benzene ring substituents is 1. The molecule has 0 atom stereocenters. The van der Waals surface area contributed by atoms with Gasteiger partial charge in [-0.2, -0.15) is 5.10 Å². The smallest absolute Gasteiger partial charge is 0.270 e. The van der Waals surface area contributed by atoms with Crippen molar-refractivity contribution in [2.45, 2.75) is 6.92 Å². The maximum absolute atomic E-state index is 11.3. The fourth-order valence-corrected chi connectivity index (χ4v) is 2.29. The molecule has 0 amide bonds. The van der Waals surface area contributed by atoms with E-state index in [0.29, 0.717) is 23.1 Å². The molecule has 0 aliphatic rings. The molecule has 3 rings (SSSR count). The number of aryl methyl sites for hydroxylation is 1. The quantitative estimate of drug-likeness (QED) is 0.419. The molecule has 0 spiro atoms. The van der Waals surface area contributed by atoms with E-state index in [-0.39, 0.29) is 5.69 Å². The highest BCUT2D eigenvalue weighted by molar-refractivity contribution is 5.86. The van der Waals surface area contributed by atoms with E-state index in [4.69, 9.17) is 0 Å². The van der Waals surface area contributed by atoms with E-state index in [1.807, 2.05) is 31.2 Å². The van der Waals surface area contributed by atoms with Crippen molar-refractivity contribution in [2.24, 2.45) is 0 Å². The number of hydrogen-bond donors (Lipinski definition) is 0. The molecule has 0 aliphatic heterocycles. The largest absolute Gasteiger partial charge is 0.298 e. The molecule has 0 aliphatic carbocycles. The normalized spacial score (nSPS) is 10.5. The first-order valence-electron chi connectivity index (χ1n) is 6.95. The molecule has 23 heavy (non-hydrogen) atoms. The van der Waals surface area contributed by atoms with E-state index in [2.05, 4.69) is 5.10 Å². The van der Waals surface area contributed by atoms with Gasteiger partial charge in [0.1, 0.15) is 5.69 Å². The van der Waals surface area contributed by atoms with E-state index < -0.39 is 4.92 Å². The minimum atomic E-state index is -0.471. The number of aldehydes is 1. The van der Waals surface area contributed by atoms with Gasteiger partial charge in [-0.05, 0) is 19.1 Å². The van der Waals surface area contributed by atoms with Gasteiger partial charge in [-0.25, -0.2) is 4.68 Å². The van der Waals surface area contributed by atoms with Crippen LogP contribution < -0.4 is 0 Å². The predicted molar refractivity (Wildman–Crippen MR) is 85.8 cm³/mol.